The predicted octanol–water partition coefficient (Wildman–Crippen LogP) is 2.99. The fourth-order valence-electron chi connectivity index (χ4n) is 4.06. The van der Waals surface area contributed by atoms with Crippen LogP contribution in [0, 0.1) is 11.8 Å². The summed E-state index contributed by atoms with van der Waals surface area (Å²) in [4.78, 5) is 46.7. The Morgan fingerprint density at radius 3 is 1.38 bits per heavy atom. The molecule has 24 heavy (non-hydrogen) atoms. The third kappa shape index (κ3) is 3.10. The highest BCUT2D eigenvalue weighted by Crippen LogP contribution is 2.35. The Balaban J connectivity index is 1.78. The first-order valence-electron chi connectivity index (χ1n) is 8.73. The van der Waals surface area contributed by atoms with Crippen LogP contribution in [0.5, 0.6) is 0 Å². The molecule has 4 heteroatoms. The molecule has 0 aromatic heterocycles. The van der Waals surface area contributed by atoms with Crippen molar-refractivity contribution in [1.82, 2.24) is 0 Å². The van der Waals surface area contributed by atoms with Gasteiger partial charge in [0.1, 0.15) is 24.1 Å². The first-order chi connectivity index (χ1) is 11.7. The van der Waals surface area contributed by atoms with E-state index in [9.17, 15) is 19.2 Å². The molecule has 0 amide bonds. The maximum atomic E-state index is 12.4. The van der Waals surface area contributed by atoms with Crippen LogP contribution in [0.1, 0.15) is 61.5 Å². The van der Waals surface area contributed by atoms with E-state index in [0.717, 1.165) is 49.4 Å². The second-order valence-corrected chi connectivity index (χ2v) is 6.92. The maximum absolute atomic E-state index is 12.4. The lowest BCUT2D eigenvalue weighted by molar-refractivity contribution is -0.131. The Morgan fingerprint density at radius 1 is 0.667 bits per heavy atom. The second-order valence-electron chi connectivity index (χ2n) is 6.92. The number of Topliss-reactive ketones (excluding diaryl/α,β-unsaturated/α-hetero) is 2. The Labute approximate surface area is 141 Å². The lowest BCUT2D eigenvalue weighted by Gasteiger charge is -2.27. The smallest absolute Gasteiger partial charge is 0.150 e. The number of carbonyl (C=O) groups is 4. The molecule has 2 aliphatic rings. The van der Waals surface area contributed by atoms with Crippen LogP contribution in [0.2, 0.25) is 0 Å². The molecule has 4 atom stereocenters. The summed E-state index contributed by atoms with van der Waals surface area (Å²) >= 11 is 0. The monoisotopic (exact) mass is 326 g/mol. The molecule has 0 N–H and O–H groups in total. The first-order valence-corrected chi connectivity index (χ1v) is 8.73. The van der Waals surface area contributed by atoms with Crippen molar-refractivity contribution < 1.29 is 19.2 Å². The van der Waals surface area contributed by atoms with Crippen LogP contribution in [0.4, 0.5) is 0 Å². The topological polar surface area (TPSA) is 68.3 Å². The van der Waals surface area contributed by atoms with E-state index < -0.39 is 11.8 Å². The number of aldehydes is 2. The van der Waals surface area contributed by atoms with Gasteiger partial charge in [0.25, 0.3) is 0 Å². The van der Waals surface area contributed by atoms with Crippen LogP contribution < -0.4 is 0 Å². The standard InChI is InChI=1S/C20H22O4/c21-11-15-3-1-5-17(19(15)23)13-7-9-14(10-8-13)18-6-2-4-16(12-22)20(18)24/h7-12,15-18H,1-6H2. The Kier molecular flexibility index (Phi) is 5.03. The summed E-state index contributed by atoms with van der Waals surface area (Å²) < 4.78 is 0. The molecule has 4 unspecified atom stereocenters. The van der Waals surface area contributed by atoms with Crippen molar-refractivity contribution in [1.29, 1.82) is 0 Å². The average molecular weight is 326 g/mol. The van der Waals surface area contributed by atoms with Gasteiger partial charge in [-0.15, -0.1) is 0 Å². The Hall–Kier alpha value is -2.10. The molecule has 0 saturated heterocycles. The zero-order valence-corrected chi connectivity index (χ0v) is 13.6. The van der Waals surface area contributed by atoms with E-state index in [0.29, 0.717) is 12.8 Å². The van der Waals surface area contributed by atoms with Gasteiger partial charge in [0.2, 0.25) is 0 Å². The van der Waals surface area contributed by atoms with E-state index in [1.807, 2.05) is 24.3 Å². The molecule has 0 heterocycles. The summed E-state index contributed by atoms with van der Waals surface area (Å²) in [6, 6.07) is 7.62. The minimum Gasteiger partial charge on any atom is -0.303 e. The van der Waals surface area contributed by atoms with E-state index in [1.165, 1.54) is 0 Å². The number of benzene rings is 1. The average Bonchev–Trinajstić information content (AvgIpc) is 2.62. The Bertz CT molecular complexity index is 589. The molecule has 2 aliphatic carbocycles. The predicted molar refractivity (Wildman–Crippen MR) is 88.7 cm³/mol. The van der Waals surface area contributed by atoms with Gasteiger partial charge in [0, 0.05) is 11.8 Å². The van der Waals surface area contributed by atoms with Gasteiger partial charge in [-0.3, -0.25) is 9.59 Å². The summed E-state index contributed by atoms with van der Waals surface area (Å²) in [6.45, 7) is 0. The summed E-state index contributed by atoms with van der Waals surface area (Å²) in [7, 11) is 0. The van der Waals surface area contributed by atoms with Gasteiger partial charge in [0.05, 0.1) is 11.8 Å². The number of carbonyl (C=O) groups excluding carboxylic acids is 4. The number of hydrogen-bond donors (Lipinski definition) is 0. The van der Waals surface area contributed by atoms with Gasteiger partial charge in [-0.25, -0.2) is 0 Å². The molecule has 0 radical (unpaired) electrons. The molecular formula is C20H22O4. The molecule has 4 nitrogen and oxygen atoms in total. The van der Waals surface area contributed by atoms with Gasteiger partial charge < -0.3 is 9.59 Å². The van der Waals surface area contributed by atoms with Gasteiger partial charge in [-0.1, -0.05) is 37.1 Å². The highest BCUT2D eigenvalue weighted by molar-refractivity contribution is 5.99. The van der Waals surface area contributed by atoms with Crippen molar-refractivity contribution in [2.24, 2.45) is 11.8 Å². The second kappa shape index (κ2) is 7.20. The lowest BCUT2D eigenvalue weighted by Crippen LogP contribution is -2.28. The highest BCUT2D eigenvalue weighted by atomic mass is 16.1. The van der Waals surface area contributed by atoms with E-state index >= 15 is 0 Å². The normalized spacial score (nSPS) is 30.8. The Morgan fingerprint density at radius 2 is 1.04 bits per heavy atom. The van der Waals surface area contributed by atoms with Gasteiger partial charge >= 0.3 is 0 Å². The van der Waals surface area contributed by atoms with Crippen LogP contribution >= 0.6 is 0 Å². The fourth-order valence-corrected chi connectivity index (χ4v) is 4.06. The molecule has 2 fully saturated rings. The van der Waals surface area contributed by atoms with E-state index in [1.54, 1.807) is 0 Å². The van der Waals surface area contributed by atoms with E-state index in [2.05, 4.69) is 0 Å². The van der Waals surface area contributed by atoms with Gasteiger partial charge in [-0.05, 0) is 36.8 Å². The van der Waals surface area contributed by atoms with Crippen molar-refractivity contribution in [3.8, 4) is 0 Å². The van der Waals surface area contributed by atoms with Crippen molar-refractivity contribution in [3.05, 3.63) is 35.4 Å². The molecule has 0 bridgehead atoms. The summed E-state index contributed by atoms with van der Waals surface area (Å²) in [5.74, 6) is -1.36. The van der Waals surface area contributed by atoms with Crippen LogP contribution in [0.15, 0.2) is 24.3 Å². The van der Waals surface area contributed by atoms with Crippen LogP contribution in [0.3, 0.4) is 0 Å². The number of rotatable bonds is 4. The van der Waals surface area contributed by atoms with Crippen molar-refractivity contribution >= 4 is 24.1 Å². The molecule has 0 spiro atoms. The number of ketones is 2. The molecule has 3 rings (SSSR count). The minimum atomic E-state index is -0.475. The maximum Gasteiger partial charge on any atom is 0.150 e. The summed E-state index contributed by atoms with van der Waals surface area (Å²) in [6.07, 6.45) is 6.15. The molecule has 0 aliphatic heterocycles. The lowest BCUT2D eigenvalue weighted by atomic mass is 9.75. The van der Waals surface area contributed by atoms with Crippen molar-refractivity contribution in [3.63, 3.8) is 0 Å². The third-order valence-electron chi connectivity index (χ3n) is 5.50. The SMILES string of the molecule is O=CC1CCCC(c2ccc(C3CCCC(C=O)C3=O)cc2)C1=O. The highest BCUT2D eigenvalue weighted by Gasteiger charge is 2.33. The van der Waals surface area contributed by atoms with E-state index in [4.69, 9.17) is 0 Å². The molecule has 2 saturated carbocycles. The largest absolute Gasteiger partial charge is 0.303 e. The van der Waals surface area contributed by atoms with Crippen molar-refractivity contribution in [2.75, 3.05) is 0 Å². The van der Waals surface area contributed by atoms with E-state index in [-0.39, 0.29) is 23.4 Å². The fraction of sp³-hybridized carbons (Fsp3) is 0.500. The summed E-state index contributed by atoms with van der Waals surface area (Å²) in [5.41, 5.74) is 1.84. The minimum absolute atomic E-state index is 0.0127. The quantitative estimate of drug-likeness (QED) is 0.630. The van der Waals surface area contributed by atoms with Crippen LogP contribution in [0.25, 0.3) is 0 Å². The third-order valence-corrected chi connectivity index (χ3v) is 5.50. The van der Waals surface area contributed by atoms with Crippen LogP contribution in [-0.2, 0) is 19.2 Å². The molecular weight excluding hydrogens is 304 g/mol. The molecule has 1 aromatic carbocycles. The van der Waals surface area contributed by atoms with Gasteiger partial charge in [-0.2, -0.15) is 0 Å². The van der Waals surface area contributed by atoms with Crippen LogP contribution in [-0.4, -0.2) is 24.1 Å². The number of hydrogen-bond acceptors (Lipinski definition) is 4. The zero-order chi connectivity index (χ0) is 17.1. The first kappa shape index (κ1) is 16.7. The van der Waals surface area contributed by atoms with Crippen molar-refractivity contribution in [2.45, 2.75) is 50.4 Å². The zero-order valence-electron chi connectivity index (χ0n) is 13.6. The summed E-state index contributed by atoms with van der Waals surface area (Å²) in [5, 5.41) is 0. The molecule has 126 valence electrons. The van der Waals surface area contributed by atoms with Gasteiger partial charge in [0.15, 0.2) is 0 Å². The molecule has 1 aromatic rings.